The maximum atomic E-state index is 13.4. The molecule has 6 aromatic carbocycles. The summed E-state index contributed by atoms with van der Waals surface area (Å²) in [5, 5.41) is 22.2. The Morgan fingerprint density at radius 2 is 0.918 bits per heavy atom. The van der Waals surface area contributed by atoms with Gasteiger partial charge in [-0.15, -0.1) is 0 Å². The fourth-order valence-corrected chi connectivity index (χ4v) is 6.42. The summed E-state index contributed by atoms with van der Waals surface area (Å²) in [4.78, 5) is 18.3. The highest BCUT2D eigenvalue weighted by Gasteiger charge is 2.23. The Bertz CT molecular complexity index is 2620. The van der Waals surface area contributed by atoms with Gasteiger partial charge in [-0.05, 0) is 64.2 Å². The van der Waals surface area contributed by atoms with Crippen LogP contribution in [0.25, 0.3) is 77.8 Å². The summed E-state index contributed by atoms with van der Waals surface area (Å²) in [6, 6.07) is 52.9. The fraction of sp³-hybridized carbons (Fsp3) is 0. The summed E-state index contributed by atoms with van der Waals surface area (Å²) in [5.74, 6) is 0. The highest BCUT2D eigenvalue weighted by Crippen LogP contribution is 2.40. The number of pyridine rings is 1. The quantitative estimate of drug-likeness (QED) is 0.177. The van der Waals surface area contributed by atoms with Gasteiger partial charge in [-0.3, -0.25) is 4.79 Å². The third-order valence-electron chi connectivity index (χ3n) is 8.77. The zero-order valence-electron chi connectivity index (χ0n) is 26.1. The van der Waals surface area contributed by atoms with Crippen molar-refractivity contribution in [3.63, 3.8) is 0 Å². The number of nitriles is 2. The molecule has 0 radical (unpaired) electrons. The number of benzene rings is 6. The van der Waals surface area contributed by atoms with Crippen molar-refractivity contribution in [3.8, 4) is 68.0 Å². The first-order chi connectivity index (χ1) is 24.1. The monoisotopic (exact) mass is 627 g/mol. The van der Waals surface area contributed by atoms with Crippen molar-refractivity contribution in [2.45, 2.75) is 0 Å². The average molecular weight is 628 g/mol. The Labute approximate surface area is 282 Å². The topological polar surface area (TPSA) is 90.7 Å². The molecule has 0 aliphatic heterocycles. The van der Waals surface area contributed by atoms with E-state index in [-0.39, 0.29) is 5.43 Å². The molecule has 0 spiro atoms. The predicted molar refractivity (Wildman–Crippen MR) is 194 cm³/mol. The van der Waals surface area contributed by atoms with Crippen molar-refractivity contribution >= 4 is 21.9 Å². The molecule has 0 saturated carbocycles. The van der Waals surface area contributed by atoms with E-state index in [1.807, 2.05) is 133 Å². The number of para-hydroxylation sites is 1. The molecule has 8 rings (SSSR count). The van der Waals surface area contributed by atoms with Crippen LogP contribution in [0.2, 0.25) is 0 Å². The summed E-state index contributed by atoms with van der Waals surface area (Å²) in [7, 11) is 0. The lowest BCUT2D eigenvalue weighted by atomic mass is 9.88. The van der Waals surface area contributed by atoms with Crippen molar-refractivity contribution in [2.24, 2.45) is 0 Å². The molecule has 228 valence electrons. The predicted octanol–water partition coefficient (Wildman–Crippen LogP) is 10.4. The van der Waals surface area contributed by atoms with E-state index in [4.69, 9.17) is 9.40 Å². The Kier molecular flexibility index (Phi) is 7.34. The summed E-state index contributed by atoms with van der Waals surface area (Å²) in [5.41, 5.74) is 9.34. The van der Waals surface area contributed by atoms with E-state index in [9.17, 15) is 15.3 Å². The lowest BCUT2D eigenvalue weighted by Crippen LogP contribution is -2.02. The van der Waals surface area contributed by atoms with Crippen LogP contribution in [0.1, 0.15) is 11.1 Å². The van der Waals surface area contributed by atoms with Crippen LogP contribution in [0.4, 0.5) is 0 Å². The van der Waals surface area contributed by atoms with Crippen molar-refractivity contribution in [3.05, 3.63) is 173 Å². The van der Waals surface area contributed by atoms with Crippen molar-refractivity contribution < 1.29 is 4.42 Å². The summed E-state index contributed by atoms with van der Waals surface area (Å²) in [6.45, 7) is 0. The maximum absolute atomic E-state index is 13.4. The van der Waals surface area contributed by atoms with Gasteiger partial charge in [0.2, 0.25) is 5.43 Å². The second kappa shape index (κ2) is 12.3. The summed E-state index contributed by atoms with van der Waals surface area (Å²) in [6.07, 6.45) is 0. The molecule has 0 aliphatic rings. The van der Waals surface area contributed by atoms with Crippen LogP contribution in [-0.4, -0.2) is 4.98 Å². The van der Waals surface area contributed by atoms with Gasteiger partial charge in [0.1, 0.15) is 23.3 Å². The molecule has 0 saturated heterocycles. The maximum Gasteiger partial charge on any atom is 0.200 e. The first-order valence-electron chi connectivity index (χ1n) is 15.8. The molecule has 0 N–H and O–H groups in total. The van der Waals surface area contributed by atoms with Crippen LogP contribution in [-0.2, 0) is 0 Å². The number of fused-ring (bicyclic) bond motifs is 2. The molecular weight excluding hydrogens is 603 g/mol. The molecule has 0 amide bonds. The smallest absolute Gasteiger partial charge is 0.200 e. The van der Waals surface area contributed by atoms with Gasteiger partial charge in [0, 0.05) is 16.7 Å². The van der Waals surface area contributed by atoms with E-state index < -0.39 is 0 Å². The Morgan fingerprint density at radius 3 is 1.51 bits per heavy atom. The number of hydrogen-bond acceptors (Lipinski definition) is 5. The zero-order valence-corrected chi connectivity index (χ0v) is 26.1. The third-order valence-corrected chi connectivity index (χ3v) is 8.77. The number of rotatable bonds is 5. The second-order valence-electron chi connectivity index (χ2n) is 11.7. The molecule has 8 aromatic rings. The van der Waals surface area contributed by atoms with Gasteiger partial charge >= 0.3 is 0 Å². The van der Waals surface area contributed by atoms with E-state index in [1.165, 1.54) is 0 Å². The van der Waals surface area contributed by atoms with Crippen molar-refractivity contribution in [1.29, 1.82) is 10.5 Å². The minimum atomic E-state index is -0.0637. The molecule has 5 nitrogen and oxygen atoms in total. The van der Waals surface area contributed by atoms with Crippen LogP contribution in [0.3, 0.4) is 0 Å². The normalized spacial score (nSPS) is 10.9. The summed E-state index contributed by atoms with van der Waals surface area (Å²) >= 11 is 0. The molecule has 5 heteroatoms. The van der Waals surface area contributed by atoms with Crippen molar-refractivity contribution in [2.75, 3.05) is 0 Å². The molecule has 2 aromatic heterocycles. The van der Waals surface area contributed by atoms with Crippen LogP contribution in [0.15, 0.2) is 161 Å². The Balaban J connectivity index is 1.28. The first kappa shape index (κ1) is 29.3. The van der Waals surface area contributed by atoms with Gasteiger partial charge in [0.15, 0.2) is 0 Å². The third kappa shape index (κ3) is 5.22. The number of aromatic nitrogens is 1. The van der Waals surface area contributed by atoms with Crippen LogP contribution < -0.4 is 5.43 Å². The first-order valence-corrected chi connectivity index (χ1v) is 15.8. The van der Waals surface area contributed by atoms with E-state index in [0.29, 0.717) is 50.0 Å². The van der Waals surface area contributed by atoms with Gasteiger partial charge < -0.3 is 4.42 Å². The highest BCUT2D eigenvalue weighted by molar-refractivity contribution is 5.93. The lowest BCUT2D eigenvalue weighted by molar-refractivity contribution is 0.660. The van der Waals surface area contributed by atoms with Gasteiger partial charge in [0.05, 0.1) is 33.3 Å². The fourth-order valence-electron chi connectivity index (χ4n) is 6.42. The van der Waals surface area contributed by atoms with Crippen LogP contribution >= 0.6 is 0 Å². The molecular formula is C44H25N3O2. The van der Waals surface area contributed by atoms with E-state index in [1.54, 1.807) is 12.1 Å². The van der Waals surface area contributed by atoms with Gasteiger partial charge in [-0.25, -0.2) is 4.98 Å². The molecule has 0 unspecified atom stereocenters. The van der Waals surface area contributed by atoms with E-state index >= 15 is 0 Å². The molecule has 0 atom stereocenters. The second-order valence-corrected chi connectivity index (χ2v) is 11.7. The van der Waals surface area contributed by atoms with E-state index in [0.717, 1.165) is 38.9 Å². The molecule has 0 bridgehead atoms. The highest BCUT2D eigenvalue weighted by atomic mass is 16.3. The Hall–Kier alpha value is -7.08. The Morgan fingerprint density at radius 1 is 0.449 bits per heavy atom. The lowest BCUT2D eigenvalue weighted by Gasteiger charge is -2.16. The zero-order chi connectivity index (χ0) is 33.3. The number of hydrogen-bond donors (Lipinski definition) is 0. The van der Waals surface area contributed by atoms with Gasteiger partial charge in [-0.1, -0.05) is 115 Å². The molecule has 49 heavy (non-hydrogen) atoms. The van der Waals surface area contributed by atoms with Crippen molar-refractivity contribution in [1.82, 2.24) is 4.98 Å². The van der Waals surface area contributed by atoms with Crippen LogP contribution in [0.5, 0.6) is 0 Å². The minimum Gasteiger partial charge on any atom is -0.456 e. The van der Waals surface area contributed by atoms with Gasteiger partial charge in [0.25, 0.3) is 0 Å². The molecule has 2 heterocycles. The van der Waals surface area contributed by atoms with E-state index in [2.05, 4.69) is 18.2 Å². The largest absolute Gasteiger partial charge is 0.456 e. The SMILES string of the molecule is N#Cc1c(-c2ccccc2)nc(-c2ccccc2)c(C#N)c1-c1cccc(-c2cccc(-c3ccc4oc5ccccc5c(=O)c4c3)c2)c1. The standard InChI is InChI=1S/C44H25N3O2/c45-26-37-41(38(27-46)43(29-13-5-2-6-14-29)47-42(37)28-11-3-1-4-12-28)34-18-10-17-32(24-34)30-15-9-16-31(23-30)33-21-22-40-36(25-33)44(48)35-19-7-8-20-39(35)49-40/h1-25H. The minimum absolute atomic E-state index is 0.0637. The van der Waals surface area contributed by atoms with Crippen LogP contribution in [0, 0.1) is 22.7 Å². The number of nitrogens with zero attached hydrogens (tertiary/aromatic N) is 3. The molecule has 0 aliphatic carbocycles. The molecule has 0 fully saturated rings. The summed E-state index contributed by atoms with van der Waals surface area (Å²) < 4.78 is 6.03. The van der Waals surface area contributed by atoms with Gasteiger partial charge in [-0.2, -0.15) is 10.5 Å². The average Bonchev–Trinajstić information content (AvgIpc) is 3.18.